The Bertz CT molecular complexity index is 965. The summed E-state index contributed by atoms with van der Waals surface area (Å²) >= 11 is 6.42. The van der Waals surface area contributed by atoms with Crippen LogP contribution in [-0.2, 0) is 10.2 Å². The number of hydrogen-bond donors (Lipinski definition) is 1. The quantitative estimate of drug-likeness (QED) is 0.702. The molecule has 0 saturated carbocycles. The van der Waals surface area contributed by atoms with Crippen LogP contribution in [0.1, 0.15) is 50.3 Å². The van der Waals surface area contributed by atoms with E-state index >= 15 is 0 Å². The molecule has 4 nitrogen and oxygen atoms in total. The standard InChI is InChI=1S/C25H29ClN2O2/c1-25(2)14-22(27-24(29)30-23-15-28-11-9-16(23)10-12-28)19-8-7-17(13-20(19)25)18-5-3-4-6-21(18)26/h3-8,13,16,22-23H,9-12,14-15H2,1-2H3,(H,27,29)/t22?,23-/m1/s1. The van der Waals surface area contributed by atoms with Crippen molar-refractivity contribution in [3.05, 3.63) is 58.6 Å². The minimum atomic E-state index is -0.280. The van der Waals surface area contributed by atoms with Crippen molar-refractivity contribution in [3.63, 3.8) is 0 Å². The summed E-state index contributed by atoms with van der Waals surface area (Å²) in [5, 5.41) is 3.92. The molecule has 0 spiro atoms. The molecular formula is C25H29ClN2O2. The van der Waals surface area contributed by atoms with Gasteiger partial charge in [0.15, 0.2) is 0 Å². The molecule has 2 atom stereocenters. The molecule has 5 heteroatoms. The van der Waals surface area contributed by atoms with Crippen molar-refractivity contribution >= 4 is 17.7 Å². The first kappa shape index (κ1) is 19.9. The molecule has 2 aromatic carbocycles. The van der Waals surface area contributed by atoms with Gasteiger partial charge in [0, 0.05) is 17.1 Å². The molecular weight excluding hydrogens is 396 g/mol. The number of piperidine rings is 3. The summed E-state index contributed by atoms with van der Waals surface area (Å²) in [6.45, 7) is 7.64. The number of nitrogens with zero attached hydrogens (tertiary/aromatic N) is 1. The van der Waals surface area contributed by atoms with Crippen LogP contribution in [-0.4, -0.2) is 36.7 Å². The molecule has 2 bridgehead atoms. The monoisotopic (exact) mass is 424 g/mol. The maximum Gasteiger partial charge on any atom is 0.407 e. The molecule has 3 heterocycles. The molecule has 3 saturated heterocycles. The van der Waals surface area contributed by atoms with Crippen LogP contribution in [0, 0.1) is 5.92 Å². The Labute approximate surface area is 183 Å². The number of amides is 1. The molecule has 1 unspecified atom stereocenters. The lowest BCUT2D eigenvalue weighted by Crippen LogP contribution is -2.52. The van der Waals surface area contributed by atoms with E-state index in [-0.39, 0.29) is 23.7 Å². The van der Waals surface area contributed by atoms with E-state index in [0.717, 1.165) is 55.0 Å². The lowest BCUT2D eigenvalue weighted by molar-refractivity contribution is -0.0339. The van der Waals surface area contributed by atoms with Crippen molar-refractivity contribution < 1.29 is 9.53 Å². The molecule has 3 fully saturated rings. The number of carbonyl (C=O) groups is 1. The predicted molar refractivity (Wildman–Crippen MR) is 120 cm³/mol. The molecule has 30 heavy (non-hydrogen) atoms. The Morgan fingerprint density at radius 2 is 1.93 bits per heavy atom. The highest BCUT2D eigenvalue weighted by atomic mass is 35.5. The normalized spacial score (nSPS) is 28.8. The summed E-state index contributed by atoms with van der Waals surface area (Å²) in [5.74, 6) is 0.520. The van der Waals surface area contributed by atoms with E-state index in [0.29, 0.717) is 5.92 Å². The van der Waals surface area contributed by atoms with Gasteiger partial charge in [-0.25, -0.2) is 4.79 Å². The number of ether oxygens (including phenoxy) is 1. The second-order valence-corrected chi connectivity index (χ2v) is 10.1. The van der Waals surface area contributed by atoms with Crippen LogP contribution in [0.15, 0.2) is 42.5 Å². The topological polar surface area (TPSA) is 41.6 Å². The van der Waals surface area contributed by atoms with Gasteiger partial charge in [-0.05, 0) is 66.4 Å². The van der Waals surface area contributed by atoms with E-state index in [1.165, 1.54) is 11.1 Å². The number of benzene rings is 2. The van der Waals surface area contributed by atoms with Gasteiger partial charge in [0.2, 0.25) is 0 Å². The van der Waals surface area contributed by atoms with E-state index < -0.39 is 0 Å². The highest BCUT2D eigenvalue weighted by Crippen LogP contribution is 2.46. The van der Waals surface area contributed by atoms with Gasteiger partial charge in [-0.15, -0.1) is 0 Å². The molecule has 158 valence electrons. The minimum absolute atomic E-state index is 0.0242. The molecule has 2 aromatic rings. The van der Waals surface area contributed by atoms with Gasteiger partial charge >= 0.3 is 6.09 Å². The number of fused-ring (bicyclic) bond motifs is 4. The first-order valence-corrected chi connectivity index (χ1v) is 11.4. The lowest BCUT2D eigenvalue weighted by Gasteiger charge is -2.43. The summed E-state index contributed by atoms with van der Waals surface area (Å²) in [6.07, 6.45) is 2.90. The van der Waals surface area contributed by atoms with Crippen molar-refractivity contribution in [2.24, 2.45) is 5.92 Å². The van der Waals surface area contributed by atoms with Crippen LogP contribution in [0.2, 0.25) is 5.02 Å². The van der Waals surface area contributed by atoms with Crippen molar-refractivity contribution in [1.82, 2.24) is 10.2 Å². The second kappa shape index (κ2) is 7.58. The van der Waals surface area contributed by atoms with Crippen molar-refractivity contribution in [1.29, 1.82) is 0 Å². The highest BCUT2D eigenvalue weighted by Gasteiger charge is 2.40. The van der Waals surface area contributed by atoms with Crippen LogP contribution in [0.4, 0.5) is 4.79 Å². The fourth-order valence-electron chi connectivity index (χ4n) is 5.53. The van der Waals surface area contributed by atoms with Crippen LogP contribution < -0.4 is 5.32 Å². The van der Waals surface area contributed by atoms with Crippen molar-refractivity contribution in [2.75, 3.05) is 19.6 Å². The molecule has 1 N–H and O–H groups in total. The third-order valence-corrected chi connectivity index (χ3v) is 7.53. The number of hydrogen-bond acceptors (Lipinski definition) is 3. The van der Waals surface area contributed by atoms with Gasteiger partial charge < -0.3 is 10.1 Å². The Morgan fingerprint density at radius 1 is 1.17 bits per heavy atom. The van der Waals surface area contributed by atoms with Crippen LogP contribution >= 0.6 is 11.6 Å². The second-order valence-electron chi connectivity index (χ2n) is 9.65. The SMILES string of the molecule is CC1(C)CC(NC(=O)O[C@@H]2CN3CCC2CC3)c2ccc(-c3ccccc3Cl)cc21. The maximum absolute atomic E-state index is 12.7. The van der Waals surface area contributed by atoms with Gasteiger partial charge in [-0.1, -0.05) is 61.8 Å². The number of nitrogens with one attached hydrogen (secondary N) is 1. The summed E-state index contributed by atoms with van der Waals surface area (Å²) in [4.78, 5) is 15.1. The lowest BCUT2D eigenvalue weighted by atomic mass is 9.85. The maximum atomic E-state index is 12.7. The first-order valence-electron chi connectivity index (χ1n) is 11.0. The smallest absolute Gasteiger partial charge is 0.407 e. The number of alkyl carbamates (subject to hydrolysis) is 1. The molecule has 3 aliphatic heterocycles. The van der Waals surface area contributed by atoms with E-state index in [1.807, 2.05) is 24.3 Å². The Balaban J connectivity index is 1.34. The third kappa shape index (κ3) is 3.61. The summed E-state index contributed by atoms with van der Waals surface area (Å²) in [5.41, 5.74) is 4.58. The van der Waals surface area contributed by atoms with Gasteiger partial charge in [0.1, 0.15) is 6.10 Å². The summed E-state index contributed by atoms with van der Waals surface area (Å²) in [6, 6.07) is 14.4. The van der Waals surface area contributed by atoms with Crippen molar-refractivity contribution in [3.8, 4) is 11.1 Å². The number of carbonyl (C=O) groups excluding carboxylic acids is 1. The predicted octanol–water partition coefficient (Wildman–Crippen LogP) is 5.55. The van der Waals surface area contributed by atoms with E-state index in [4.69, 9.17) is 16.3 Å². The molecule has 0 aromatic heterocycles. The fourth-order valence-corrected chi connectivity index (χ4v) is 5.77. The molecule has 1 amide bonds. The molecule has 6 rings (SSSR count). The van der Waals surface area contributed by atoms with E-state index in [9.17, 15) is 4.79 Å². The first-order chi connectivity index (χ1) is 14.4. The van der Waals surface area contributed by atoms with Gasteiger partial charge in [0.05, 0.1) is 6.04 Å². The van der Waals surface area contributed by atoms with E-state index in [1.54, 1.807) is 0 Å². The minimum Gasteiger partial charge on any atom is -0.445 e. The van der Waals surface area contributed by atoms with E-state index in [2.05, 4.69) is 42.3 Å². The summed E-state index contributed by atoms with van der Waals surface area (Å²) in [7, 11) is 0. The number of rotatable bonds is 3. The Kier molecular flexibility index (Phi) is 5.03. The highest BCUT2D eigenvalue weighted by molar-refractivity contribution is 6.33. The van der Waals surface area contributed by atoms with Crippen molar-refractivity contribution in [2.45, 2.75) is 50.7 Å². The average molecular weight is 425 g/mol. The Hall–Kier alpha value is -2.04. The summed E-state index contributed by atoms with van der Waals surface area (Å²) < 4.78 is 5.87. The largest absolute Gasteiger partial charge is 0.445 e. The zero-order valence-corrected chi connectivity index (χ0v) is 18.4. The molecule has 1 aliphatic carbocycles. The van der Waals surface area contributed by atoms with Crippen LogP contribution in [0.5, 0.6) is 0 Å². The molecule has 4 aliphatic rings. The fraction of sp³-hybridized carbons (Fsp3) is 0.480. The zero-order valence-electron chi connectivity index (χ0n) is 17.7. The number of halogens is 1. The van der Waals surface area contributed by atoms with Gasteiger partial charge in [0.25, 0.3) is 0 Å². The third-order valence-electron chi connectivity index (χ3n) is 7.20. The van der Waals surface area contributed by atoms with Gasteiger partial charge in [-0.2, -0.15) is 0 Å². The zero-order chi connectivity index (χ0) is 20.9. The average Bonchev–Trinajstić information content (AvgIpc) is 2.98. The molecule has 0 radical (unpaired) electrons. The van der Waals surface area contributed by atoms with Crippen LogP contribution in [0.25, 0.3) is 11.1 Å². The van der Waals surface area contributed by atoms with Gasteiger partial charge in [-0.3, -0.25) is 4.90 Å². The van der Waals surface area contributed by atoms with Crippen LogP contribution in [0.3, 0.4) is 0 Å². The Morgan fingerprint density at radius 3 is 2.63 bits per heavy atom.